The molecule has 3 rings (SSSR count). The molecular weight excluding hydrogens is 385 g/mol. The highest BCUT2D eigenvalue weighted by Gasteiger charge is 2.33. The average molecular weight is 422 g/mol. The molecule has 0 spiro atoms. The second-order valence-corrected chi connectivity index (χ2v) is 8.13. The zero-order valence-electron chi connectivity index (χ0n) is 18.3. The van der Waals surface area contributed by atoms with Gasteiger partial charge in [0.05, 0.1) is 38.5 Å². The van der Waals surface area contributed by atoms with Crippen molar-refractivity contribution in [2.24, 2.45) is 5.92 Å². The summed E-state index contributed by atoms with van der Waals surface area (Å²) in [6.07, 6.45) is 1.94. The molecule has 1 aromatic carbocycles. The first-order chi connectivity index (χ1) is 14.6. The van der Waals surface area contributed by atoms with E-state index in [4.69, 9.17) is 9.47 Å². The maximum absolute atomic E-state index is 13.5. The number of hydrogen-bond donors (Lipinski definition) is 1. The summed E-state index contributed by atoms with van der Waals surface area (Å²) in [5.74, 6) is 0.159. The Balaban J connectivity index is 1.72. The highest BCUT2D eigenvalue weighted by Crippen LogP contribution is 2.24. The fourth-order valence-corrected chi connectivity index (χ4v) is 4.60. The van der Waals surface area contributed by atoms with Crippen LogP contribution in [0.5, 0.6) is 0 Å². The van der Waals surface area contributed by atoms with Crippen LogP contribution >= 0.6 is 0 Å². The topological polar surface area (TPSA) is 54.0 Å². The van der Waals surface area contributed by atoms with Crippen molar-refractivity contribution in [2.75, 3.05) is 59.2 Å². The fraction of sp³-hybridized carbons (Fsp3) is 0.696. The summed E-state index contributed by atoms with van der Waals surface area (Å²) in [6, 6.07) is 6.49. The molecule has 2 atom stereocenters. The van der Waals surface area contributed by atoms with Crippen molar-refractivity contribution in [3.05, 3.63) is 35.6 Å². The van der Waals surface area contributed by atoms with E-state index in [0.29, 0.717) is 38.9 Å². The molecule has 0 aliphatic carbocycles. The molecule has 0 saturated carbocycles. The molecule has 1 amide bonds. The quantitative estimate of drug-likeness (QED) is 0.664. The number of halogens is 1. The van der Waals surface area contributed by atoms with E-state index in [1.165, 1.54) is 12.1 Å². The van der Waals surface area contributed by atoms with Crippen LogP contribution in [0.4, 0.5) is 4.39 Å². The predicted molar refractivity (Wildman–Crippen MR) is 115 cm³/mol. The maximum atomic E-state index is 13.5. The molecule has 2 heterocycles. The third kappa shape index (κ3) is 6.00. The molecule has 2 fully saturated rings. The lowest BCUT2D eigenvalue weighted by atomic mass is 9.91. The van der Waals surface area contributed by atoms with Crippen molar-refractivity contribution in [3.63, 3.8) is 0 Å². The first-order valence-electron chi connectivity index (χ1n) is 11.3. The summed E-state index contributed by atoms with van der Waals surface area (Å²) in [4.78, 5) is 18.0. The van der Waals surface area contributed by atoms with Crippen LogP contribution in [-0.2, 0) is 14.3 Å². The first-order valence-corrected chi connectivity index (χ1v) is 11.3. The first kappa shape index (κ1) is 23.1. The van der Waals surface area contributed by atoms with Gasteiger partial charge >= 0.3 is 0 Å². The highest BCUT2D eigenvalue weighted by molar-refractivity contribution is 5.82. The van der Waals surface area contributed by atoms with Crippen molar-refractivity contribution in [1.82, 2.24) is 15.1 Å². The molecule has 7 heteroatoms. The third-order valence-corrected chi connectivity index (χ3v) is 6.41. The van der Waals surface area contributed by atoms with E-state index in [-0.39, 0.29) is 23.8 Å². The molecule has 2 aliphatic rings. The van der Waals surface area contributed by atoms with E-state index in [0.717, 1.165) is 44.6 Å². The van der Waals surface area contributed by atoms with E-state index in [1.54, 1.807) is 0 Å². The lowest BCUT2D eigenvalue weighted by molar-refractivity contribution is -0.131. The number of hydrogen-bond acceptors (Lipinski definition) is 5. The molecular formula is C23H36FN3O3. The van der Waals surface area contributed by atoms with Crippen LogP contribution in [-0.4, -0.2) is 80.9 Å². The highest BCUT2D eigenvalue weighted by atomic mass is 19.1. The number of nitrogens with one attached hydrogen (secondary N) is 1. The fourth-order valence-electron chi connectivity index (χ4n) is 4.60. The van der Waals surface area contributed by atoms with Crippen molar-refractivity contribution in [3.8, 4) is 0 Å². The van der Waals surface area contributed by atoms with E-state index in [9.17, 15) is 9.18 Å². The van der Waals surface area contributed by atoms with Crippen LogP contribution in [0.25, 0.3) is 0 Å². The van der Waals surface area contributed by atoms with Gasteiger partial charge in [0.25, 0.3) is 0 Å². The van der Waals surface area contributed by atoms with Crippen LogP contribution < -0.4 is 5.32 Å². The van der Waals surface area contributed by atoms with Gasteiger partial charge in [0, 0.05) is 32.7 Å². The number of morpholine rings is 2. The molecule has 168 valence electrons. The monoisotopic (exact) mass is 421 g/mol. The maximum Gasteiger partial charge on any atom is 0.237 e. The van der Waals surface area contributed by atoms with Crippen molar-refractivity contribution in [1.29, 1.82) is 0 Å². The Morgan fingerprint density at radius 1 is 0.967 bits per heavy atom. The summed E-state index contributed by atoms with van der Waals surface area (Å²) in [7, 11) is 0. The Morgan fingerprint density at radius 3 is 2.03 bits per heavy atom. The SMILES string of the molecule is CCC(CC)[C@@H](C(=O)NC[C@H](c1ccc(F)cc1)N1CCOCC1)N1CCOCC1. The van der Waals surface area contributed by atoms with Gasteiger partial charge in [0.1, 0.15) is 5.82 Å². The smallest absolute Gasteiger partial charge is 0.237 e. The number of benzene rings is 1. The van der Waals surface area contributed by atoms with Gasteiger partial charge in [-0.2, -0.15) is 0 Å². The summed E-state index contributed by atoms with van der Waals surface area (Å²) in [5.41, 5.74) is 1.02. The minimum atomic E-state index is -0.246. The molecule has 0 unspecified atom stereocenters. The van der Waals surface area contributed by atoms with Gasteiger partial charge < -0.3 is 14.8 Å². The Bertz CT molecular complexity index is 642. The van der Waals surface area contributed by atoms with Crippen molar-refractivity contribution in [2.45, 2.75) is 38.8 Å². The van der Waals surface area contributed by atoms with Gasteiger partial charge in [-0.1, -0.05) is 38.8 Å². The van der Waals surface area contributed by atoms with Crippen molar-refractivity contribution >= 4 is 5.91 Å². The van der Waals surface area contributed by atoms with Crippen LogP contribution in [0, 0.1) is 11.7 Å². The second kappa shape index (κ2) is 11.7. The number of carbonyl (C=O) groups is 1. The van der Waals surface area contributed by atoms with Crippen molar-refractivity contribution < 1.29 is 18.7 Å². The number of carbonyl (C=O) groups excluding carboxylic acids is 1. The third-order valence-electron chi connectivity index (χ3n) is 6.41. The van der Waals surface area contributed by atoms with E-state index >= 15 is 0 Å². The number of nitrogens with zero attached hydrogens (tertiary/aromatic N) is 2. The molecule has 0 radical (unpaired) electrons. The lowest BCUT2D eigenvalue weighted by Crippen LogP contribution is -2.55. The minimum absolute atomic E-state index is 0.00509. The Morgan fingerprint density at radius 2 is 1.50 bits per heavy atom. The number of rotatable bonds is 9. The van der Waals surface area contributed by atoms with Gasteiger partial charge in [0.15, 0.2) is 0 Å². The van der Waals surface area contributed by atoms with Crippen LogP contribution in [0.1, 0.15) is 38.3 Å². The predicted octanol–water partition coefficient (Wildman–Crippen LogP) is 2.45. The van der Waals surface area contributed by atoms with E-state index in [1.807, 2.05) is 12.1 Å². The molecule has 6 nitrogen and oxygen atoms in total. The van der Waals surface area contributed by atoms with Gasteiger partial charge in [-0.3, -0.25) is 14.6 Å². The number of ether oxygens (including phenoxy) is 2. The summed E-state index contributed by atoms with van der Waals surface area (Å²) < 4.78 is 24.5. The minimum Gasteiger partial charge on any atom is -0.379 e. The molecule has 2 saturated heterocycles. The number of amides is 1. The van der Waals surface area contributed by atoms with Crippen LogP contribution in [0.15, 0.2) is 24.3 Å². The van der Waals surface area contributed by atoms with Gasteiger partial charge in [-0.05, 0) is 23.6 Å². The molecule has 30 heavy (non-hydrogen) atoms. The Labute approximate surface area is 179 Å². The summed E-state index contributed by atoms with van der Waals surface area (Å²) in [5, 5.41) is 3.24. The Hall–Kier alpha value is -1.54. The van der Waals surface area contributed by atoms with Crippen LogP contribution in [0.3, 0.4) is 0 Å². The summed E-state index contributed by atoms with van der Waals surface area (Å²) in [6.45, 7) is 10.7. The molecule has 1 N–H and O–H groups in total. The van der Waals surface area contributed by atoms with Gasteiger partial charge in [0.2, 0.25) is 5.91 Å². The van der Waals surface area contributed by atoms with Gasteiger partial charge in [-0.25, -0.2) is 4.39 Å². The second-order valence-electron chi connectivity index (χ2n) is 8.13. The van der Waals surface area contributed by atoms with Gasteiger partial charge in [-0.15, -0.1) is 0 Å². The zero-order valence-corrected chi connectivity index (χ0v) is 18.3. The zero-order chi connectivity index (χ0) is 21.3. The normalized spacial score (nSPS) is 20.8. The average Bonchev–Trinajstić information content (AvgIpc) is 2.79. The lowest BCUT2D eigenvalue weighted by Gasteiger charge is -2.39. The van der Waals surface area contributed by atoms with E-state index < -0.39 is 0 Å². The molecule has 0 aromatic heterocycles. The standard InChI is InChI=1S/C23H36FN3O3/c1-3-18(4-2)22(27-11-15-30-16-12-27)23(28)25-17-21(26-9-13-29-14-10-26)19-5-7-20(24)8-6-19/h5-8,18,21-22H,3-4,9-17H2,1-2H3,(H,25,28)/t21-,22+/m1/s1. The molecule has 0 bridgehead atoms. The molecule has 1 aromatic rings. The largest absolute Gasteiger partial charge is 0.379 e. The Kier molecular flexibility index (Phi) is 9.05. The molecule has 2 aliphatic heterocycles. The van der Waals surface area contributed by atoms with E-state index in [2.05, 4.69) is 29.0 Å². The van der Waals surface area contributed by atoms with Crippen LogP contribution in [0.2, 0.25) is 0 Å². The summed E-state index contributed by atoms with van der Waals surface area (Å²) >= 11 is 0.